The Balaban J connectivity index is 1.91. The van der Waals surface area contributed by atoms with E-state index in [0.29, 0.717) is 12.1 Å². The quantitative estimate of drug-likeness (QED) is 0.646. The van der Waals surface area contributed by atoms with Crippen LogP contribution in [-0.2, 0) is 11.2 Å². The molecule has 1 aliphatic heterocycles. The standard InChI is InChI=1S/C17H25N3O3/c1-17(2,19-10-6-3-7-11-19)13-18-16(21)12-14-8-4-5-9-15(14)20(22)23/h4-5,8-9H,3,6-7,10-13H2,1-2H3,(H,18,21). The fourth-order valence-electron chi connectivity index (χ4n) is 3.00. The first-order valence-electron chi connectivity index (χ1n) is 8.14. The van der Waals surface area contributed by atoms with E-state index in [4.69, 9.17) is 0 Å². The van der Waals surface area contributed by atoms with Crippen molar-refractivity contribution in [3.8, 4) is 0 Å². The van der Waals surface area contributed by atoms with Gasteiger partial charge in [0.05, 0.1) is 11.3 Å². The highest BCUT2D eigenvalue weighted by Crippen LogP contribution is 2.20. The number of amides is 1. The zero-order valence-corrected chi connectivity index (χ0v) is 13.9. The van der Waals surface area contributed by atoms with Crippen LogP contribution in [0.1, 0.15) is 38.7 Å². The molecule has 0 aromatic heterocycles. The lowest BCUT2D eigenvalue weighted by Gasteiger charge is -2.41. The average molecular weight is 319 g/mol. The van der Waals surface area contributed by atoms with Crippen molar-refractivity contribution in [3.05, 3.63) is 39.9 Å². The van der Waals surface area contributed by atoms with Gasteiger partial charge in [0.2, 0.25) is 5.91 Å². The van der Waals surface area contributed by atoms with Gasteiger partial charge in [-0.15, -0.1) is 0 Å². The van der Waals surface area contributed by atoms with Crippen molar-refractivity contribution in [2.24, 2.45) is 0 Å². The van der Waals surface area contributed by atoms with Gasteiger partial charge in [0.1, 0.15) is 0 Å². The molecule has 0 radical (unpaired) electrons. The first-order chi connectivity index (χ1) is 10.9. The van der Waals surface area contributed by atoms with E-state index in [9.17, 15) is 14.9 Å². The number of likely N-dealkylation sites (tertiary alicyclic amines) is 1. The SMILES string of the molecule is CC(C)(CNC(=O)Cc1ccccc1[N+](=O)[O-])N1CCCCC1. The molecule has 0 unspecified atom stereocenters. The number of nitro benzene ring substituents is 1. The number of hydrogen-bond acceptors (Lipinski definition) is 4. The Morgan fingerprint density at radius 3 is 2.57 bits per heavy atom. The number of nitro groups is 1. The molecule has 1 amide bonds. The number of carbonyl (C=O) groups excluding carboxylic acids is 1. The van der Waals surface area contributed by atoms with Gasteiger partial charge in [-0.2, -0.15) is 0 Å². The number of rotatable bonds is 6. The summed E-state index contributed by atoms with van der Waals surface area (Å²) in [5.74, 6) is -0.176. The molecule has 2 rings (SSSR count). The van der Waals surface area contributed by atoms with Crippen LogP contribution in [0.3, 0.4) is 0 Å². The van der Waals surface area contributed by atoms with E-state index in [-0.39, 0.29) is 23.6 Å². The molecular weight excluding hydrogens is 294 g/mol. The maximum absolute atomic E-state index is 12.2. The lowest BCUT2D eigenvalue weighted by atomic mass is 9.98. The van der Waals surface area contributed by atoms with E-state index in [2.05, 4.69) is 24.1 Å². The molecule has 1 N–H and O–H groups in total. The van der Waals surface area contributed by atoms with Gasteiger partial charge in [-0.05, 0) is 39.8 Å². The molecule has 6 heteroatoms. The fourth-order valence-corrected chi connectivity index (χ4v) is 3.00. The molecule has 0 atom stereocenters. The molecule has 23 heavy (non-hydrogen) atoms. The number of hydrogen-bond donors (Lipinski definition) is 1. The van der Waals surface area contributed by atoms with Crippen LogP contribution in [0.2, 0.25) is 0 Å². The number of piperidine rings is 1. The van der Waals surface area contributed by atoms with Crippen molar-refractivity contribution in [1.82, 2.24) is 10.2 Å². The maximum Gasteiger partial charge on any atom is 0.273 e. The molecule has 0 aliphatic carbocycles. The molecule has 126 valence electrons. The smallest absolute Gasteiger partial charge is 0.273 e. The summed E-state index contributed by atoms with van der Waals surface area (Å²) in [6.07, 6.45) is 3.71. The molecule has 0 saturated carbocycles. The molecule has 0 spiro atoms. The van der Waals surface area contributed by atoms with Crippen LogP contribution in [0.4, 0.5) is 5.69 Å². The number of carbonyl (C=O) groups is 1. The van der Waals surface area contributed by atoms with Gasteiger partial charge in [0, 0.05) is 23.7 Å². The summed E-state index contributed by atoms with van der Waals surface area (Å²) >= 11 is 0. The third-order valence-corrected chi connectivity index (χ3v) is 4.47. The summed E-state index contributed by atoms with van der Waals surface area (Å²) in [6, 6.07) is 6.39. The largest absolute Gasteiger partial charge is 0.354 e. The summed E-state index contributed by atoms with van der Waals surface area (Å²) in [7, 11) is 0. The van der Waals surface area contributed by atoms with E-state index >= 15 is 0 Å². The first-order valence-corrected chi connectivity index (χ1v) is 8.14. The van der Waals surface area contributed by atoms with Crippen LogP contribution in [0, 0.1) is 10.1 Å². The summed E-state index contributed by atoms with van der Waals surface area (Å²) in [4.78, 5) is 25.1. The highest BCUT2D eigenvalue weighted by atomic mass is 16.6. The Morgan fingerprint density at radius 2 is 1.91 bits per heavy atom. The highest BCUT2D eigenvalue weighted by molar-refractivity contribution is 5.79. The molecule has 1 aromatic carbocycles. The second kappa shape index (κ2) is 7.55. The minimum atomic E-state index is -0.444. The third kappa shape index (κ3) is 4.76. The normalized spacial score (nSPS) is 16.1. The molecule has 1 aromatic rings. The van der Waals surface area contributed by atoms with Gasteiger partial charge in [-0.25, -0.2) is 0 Å². The minimum Gasteiger partial charge on any atom is -0.354 e. The minimum absolute atomic E-state index is 0.00191. The number of nitrogens with zero attached hydrogens (tertiary/aromatic N) is 2. The van der Waals surface area contributed by atoms with E-state index < -0.39 is 4.92 Å². The van der Waals surface area contributed by atoms with Crippen LogP contribution >= 0.6 is 0 Å². The number of nitrogens with one attached hydrogen (secondary N) is 1. The Hall–Kier alpha value is -1.95. The second-order valence-corrected chi connectivity index (χ2v) is 6.70. The molecule has 1 fully saturated rings. The molecular formula is C17H25N3O3. The van der Waals surface area contributed by atoms with E-state index in [1.165, 1.54) is 25.3 Å². The Labute approximate surface area is 137 Å². The van der Waals surface area contributed by atoms with E-state index in [1.807, 2.05) is 0 Å². The third-order valence-electron chi connectivity index (χ3n) is 4.47. The van der Waals surface area contributed by atoms with Crippen molar-refractivity contribution in [2.45, 2.75) is 45.1 Å². The lowest BCUT2D eigenvalue weighted by molar-refractivity contribution is -0.385. The second-order valence-electron chi connectivity index (χ2n) is 6.70. The van der Waals surface area contributed by atoms with Gasteiger partial charge in [-0.1, -0.05) is 24.6 Å². The number of para-hydroxylation sites is 1. The summed E-state index contributed by atoms with van der Waals surface area (Å²) in [6.45, 7) is 6.93. The van der Waals surface area contributed by atoms with Gasteiger partial charge >= 0.3 is 0 Å². The zero-order chi connectivity index (χ0) is 16.9. The predicted octanol–water partition coefficient (Wildman–Crippen LogP) is 2.52. The van der Waals surface area contributed by atoms with Gasteiger partial charge in [0.15, 0.2) is 0 Å². The van der Waals surface area contributed by atoms with E-state index in [0.717, 1.165) is 13.1 Å². The molecule has 1 heterocycles. The predicted molar refractivity (Wildman–Crippen MR) is 89.3 cm³/mol. The summed E-state index contributed by atoms with van der Waals surface area (Å²) in [5.41, 5.74) is 0.349. The van der Waals surface area contributed by atoms with Gasteiger partial charge < -0.3 is 5.32 Å². The Kier molecular flexibility index (Phi) is 5.71. The van der Waals surface area contributed by atoms with E-state index in [1.54, 1.807) is 18.2 Å². The van der Waals surface area contributed by atoms with Crippen molar-refractivity contribution in [3.63, 3.8) is 0 Å². The maximum atomic E-state index is 12.2. The molecule has 1 aliphatic rings. The van der Waals surface area contributed by atoms with Crippen LogP contribution < -0.4 is 5.32 Å². The van der Waals surface area contributed by atoms with Crippen molar-refractivity contribution >= 4 is 11.6 Å². The zero-order valence-electron chi connectivity index (χ0n) is 13.9. The van der Waals surface area contributed by atoms with Crippen LogP contribution in [0.5, 0.6) is 0 Å². The van der Waals surface area contributed by atoms with Crippen LogP contribution in [0.15, 0.2) is 24.3 Å². The van der Waals surface area contributed by atoms with Crippen LogP contribution in [0.25, 0.3) is 0 Å². The van der Waals surface area contributed by atoms with Gasteiger partial charge in [-0.3, -0.25) is 19.8 Å². The topological polar surface area (TPSA) is 75.5 Å². The first kappa shape index (κ1) is 17.4. The van der Waals surface area contributed by atoms with Crippen LogP contribution in [-0.4, -0.2) is 40.9 Å². The summed E-state index contributed by atoms with van der Waals surface area (Å²) < 4.78 is 0. The van der Waals surface area contributed by atoms with Gasteiger partial charge in [0.25, 0.3) is 5.69 Å². The number of benzene rings is 1. The van der Waals surface area contributed by atoms with Crippen molar-refractivity contribution < 1.29 is 9.72 Å². The summed E-state index contributed by atoms with van der Waals surface area (Å²) in [5, 5.41) is 13.9. The lowest BCUT2D eigenvalue weighted by Crippen LogP contribution is -2.53. The van der Waals surface area contributed by atoms with Crippen molar-refractivity contribution in [1.29, 1.82) is 0 Å². The Morgan fingerprint density at radius 1 is 1.26 bits per heavy atom. The van der Waals surface area contributed by atoms with Crippen molar-refractivity contribution in [2.75, 3.05) is 19.6 Å². The molecule has 6 nitrogen and oxygen atoms in total. The molecule has 0 bridgehead atoms. The monoisotopic (exact) mass is 319 g/mol. The molecule has 1 saturated heterocycles. The average Bonchev–Trinajstić information content (AvgIpc) is 2.54. The highest BCUT2D eigenvalue weighted by Gasteiger charge is 2.28. The Bertz CT molecular complexity index is 566. The fraction of sp³-hybridized carbons (Fsp3) is 0.588.